The van der Waals surface area contributed by atoms with Gasteiger partial charge in [-0.3, -0.25) is 0 Å². The zero-order valence-electron chi connectivity index (χ0n) is 15.1. The molecule has 4 rings (SSSR count). The standard InChI is InChI=1S/C19H19F4N5/c20-13-4-5-14(16(10-13)19(21,22)23)17-15-11-26-28(18(15)25-12-24-17)9-8-27-6-2-1-3-7-27/h4-5,10-12H,1-3,6-9H2. The van der Waals surface area contributed by atoms with E-state index in [2.05, 4.69) is 20.0 Å². The SMILES string of the molecule is Fc1ccc(-c2ncnc3c2cnn3CCN2CCCCC2)c(C(F)(F)F)c1. The Labute approximate surface area is 159 Å². The van der Waals surface area contributed by atoms with Crippen LogP contribution in [0, 0.1) is 5.82 Å². The van der Waals surface area contributed by atoms with Crippen LogP contribution in [0.4, 0.5) is 17.6 Å². The van der Waals surface area contributed by atoms with Crippen molar-refractivity contribution in [3.63, 3.8) is 0 Å². The van der Waals surface area contributed by atoms with Crippen LogP contribution in [0.25, 0.3) is 22.3 Å². The van der Waals surface area contributed by atoms with Crippen LogP contribution in [0.3, 0.4) is 0 Å². The summed E-state index contributed by atoms with van der Waals surface area (Å²) in [5.74, 6) is -0.946. The van der Waals surface area contributed by atoms with Crippen LogP contribution in [0.2, 0.25) is 0 Å². The second-order valence-electron chi connectivity index (χ2n) is 6.92. The molecule has 3 heterocycles. The Hall–Kier alpha value is -2.55. The zero-order valence-corrected chi connectivity index (χ0v) is 15.1. The number of fused-ring (bicyclic) bond motifs is 1. The molecule has 28 heavy (non-hydrogen) atoms. The molecule has 1 aromatic carbocycles. The fourth-order valence-electron chi connectivity index (χ4n) is 3.65. The smallest absolute Gasteiger partial charge is 0.301 e. The minimum Gasteiger partial charge on any atom is -0.301 e. The van der Waals surface area contributed by atoms with Crippen molar-refractivity contribution >= 4 is 11.0 Å². The number of likely N-dealkylation sites (tertiary alicyclic amines) is 1. The van der Waals surface area contributed by atoms with Gasteiger partial charge in [0.2, 0.25) is 0 Å². The number of hydrogen-bond donors (Lipinski definition) is 0. The third-order valence-electron chi connectivity index (χ3n) is 5.05. The van der Waals surface area contributed by atoms with Crippen molar-refractivity contribution in [1.29, 1.82) is 0 Å². The van der Waals surface area contributed by atoms with Crippen molar-refractivity contribution in [1.82, 2.24) is 24.6 Å². The molecule has 0 radical (unpaired) electrons. The Morgan fingerprint density at radius 1 is 1.00 bits per heavy atom. The summed E-state index contributed by atoms with van der Waals surface area (Å²) in [4.78, 5) is 10.6. The summed E-state index contributed by atoms with van der Waals surface area (Å²) in [6, 6.07) is 2.59. The molecule has 0 bridgehead atoms. The molecule has 0 N–H and O–H groups in total. The molecule has 1 fully saturated rings. The highest BCUT2D eigenvalue weighted by Crippen LogP contribution is 2.38. The highest BCUT2D eigenvalue weighted by molar-refractivity contribution is 5.91. The maximum Gasteiger partial charge on any atom is 0.417 e. The number of benzene rings is 1. The summed E-state index contributed by atoms with van der Waals surface area (Å²) < 4.78 is 55.3. The van der Waals surface area contributed by atoms with Gasteiger partial charge in [0.15, 0.2) is 5.65 Å². The summed E-state index contributed by atoms with van der Waals surface area (Å²) in [6.07, 6.45) is 1.61. The Morgan fingerprint density at radius 2 is 1.79 bits per heavy atom. The summed E-state index contributed by atoms with van der Waals surface area (Å²) in [6.45, 7) is 3.49. The van der Waals surface area contributed by atoms with Gasteiger partial charge in [0.1, 0.15) is 12.1 Å². The molecule has 0 unspecified atom stereocenters. The first-order chi connectivity index (χ1) is 13.4. The van der Waals surface area contributed by atoms with Crippen molar-refractivity contribution in [3.05, 3.63) is 42.1 Å². The number of halogens is 4. The molecule has 2 aromatic heterocycles. The summed E-state index contributed by atoms with van der Waals surface area (Å²) >= 11 is 0. The number of hydrogen-bond acceptors (Lipinski definition) is 4. The first kappa shape index (κ1) is 18.8. The normalized spacial score (nSPS) is 16.0. The minimum atomic E-state index is -4.70. The lowest BCUT2D eigenvalue weighted by Gasteiger charge is -2.26. The number of alkyl halides is 3. The fraction of sp³-hybridized carbons (Fsp3) is 0.421. The van der Waals surface area contributed by atoms with E-state index in [4.69, 9.17) is 0 Å². The van der Waals surface area contributed by atoms with Crippen LogP contribution >= 0.6 is 0 Å². The zero-order chi connectivity index (χ0) is 19.7. The Morgan fingerprint density at radius 3 is 2.54 bits per heavy atom. The van der Waals surface area contributed by atoms with Crippen LogP contribution in [0.1, 0.15) is 24.8 Å². The van der Waals surface area contributed by atoms with Gasteiger partial charge in [-0.05, 0) is 44.1 Å². The average molecular weight is 393 g/mol. The Bertz CT molecular complexity index is 976. The molecule has 5 nitrogen and oxygen atoms in total. The van der Waals surface area contributed by atoms with Gasteiger partial charge in [-0.25, -0.2) is 19.0 Å². The maximum atomic E-state index is 13.4. The summed E-state index contributed by atoms with van der Waals surface area (Å²) in [5.41, 5.74) is -0.675. The number of aromatic nitrogens is 4. The van der Waals surface area contributed by atoms with Gasteiger partial charge in [-0.2, -0.15) is 18.3 Å². The molecule has 0 saturated carbocycles. The molecular formula is C19H19F4N5. The van der Waals surface area contributed by atoms with Gasteiger partial charge in [-0.1, -0.05) is 6.42 Å². The van der Waals surface area contributed by atoms with Crippen LogP contribution in [0.15, 0.2) is 30.7 Å². The maximum absolute atomic E-state index is 13.4. The fourth-order valence-corrected chi connectivity index (χ4v) is 3.65. The van der Waals surface area contributed by atoms with Crippen LogP contribution in [-0.2, 0) is 12.7 Å². The molecule has 0 spiro atoms. The second-order valence-corrected chi connectivity index (χ2v) is 6.92. The molecule has 148 valence electrons. The topological polar surface area (TPSA) is 46.8 Å². The molecule has 1 aliphatic rings. The Kier molecular flexibility index (Phi) is 5.01. The van der Waals surface area contributed by atoms with E-state index < -0.39 is 17.6 Å². The summed E-state index contributed by atoms with van der Waals surface area (Å²) in [5, 5.41) is 4.72. The lowest BCUT2D eigenvalue weighted by atomic mass is 10.0. The first-order valence-corrected chi connectivity index (χ1v) is 9.19. The van der Waals surface area contributed by atoms with Crippen molar-refractivity contribution in [2.75, 3.05) is 19.6 Å². The van der Waals surface area contributed by atoms with Gasteiger partial charge >= 0.3 is 6.18 Å². The monoisotopic (exact) mass is 393 g/mol. The predicted molar refractivity (Wildman–Crippen MR) is 96.0 cm³/mol. The molecule has 0 aliphatic carbocycles. The minimum absolute atomic E-state index is 0.0987. The predicted octanol–water partition coefficient (Wildman–Crippen LogP) is 4.14. The number of nitrogens with zero attached hydrogens (tertiary/aromatic N) is 5. The lowest BCUT2D eigenvalue weighted by molar-refractivity contribution is -0.137. The van der Waals surface area contributed by atoms with E-state index >= 15 is 0 Å². The van der Waals surface area contributed by atoms with Gasteiger partial charge in [-0.15, -0.1) is 0 Å². The lowest BCUT2D eigenvalue weighted by Crippen LogP contribution is -2.32. The molecular weight excluding hydrogens is 374 g/mol. The highest BCUT2D eigenvalue weighted by Gasteiger charge is 2.35. The molecule has 3 aromatic rings. The molecule has 1 aliphatic heterocycles. The summed E-state index contributed by atoms with van der Waals surface area (Å²) in [7, 11) is 0. The quantitative estimate of drug-likeness (QED) is 0.625. The molecule has 9 heteroatoms. The third-order valence-corrected chi connectivity index (χ3v) is 5.05. The van der Waals surface area contributed by atoms with E-state index in [9.17, 15) is 17.6 Å². The van der Waals surface area contributed by atoms with E-state index in [0.29, 0.717) is 23.6 Å². The number of piperidine rings is 1. The van der Waals surface area contributed by atoms with E-state index in [-0.39, 0.29) is 11.3 Å². The first-order valence-electron chi connectivity index (χ1n) is 9.19. The second kappa shape index (κ2) is 7.46. The van der Waals surface area contributed by atoms with Gasteiger partial charge in [0.25, 0.3) is 0 Å². The van der Waals surface area contributed by atoms with Crippen LogP contribution < -0.4 is 0 Å². The van der Waals surface area contributed by atoms with Gasteiger partial charge < -0.3 is 4.90 Å². The average Bonchev–Trinajstić information content (AvgIpc) is 3.10. The van der Waals surface area contributed by atoms with Gasteiger partial charge in [0, 0.05) is 12.1 Å². The largest absolute Gasteiger partial charge is 0.417 e. The van der Waals surface area contributed by atoms with E-state index in [1.165, 1.54) is 31.8 Å². The molecule has 1 saturated heterocycles. The van der Waals surface area contributed by atoms with Crippen molar-refractivity contribution < 1.29 is 17.6 Å². The van der Waals surface area contributed by atoms with Crippen LogP contribution in [0.5, 0.6) is 0 Å². The van der Waals surface area contributed by atoms with E-state index in [1.54, 1.807) is 4.68 Å². The third kappa shape index (κ3) is 3.71. The molecule has 0 amide bonds. The molecule has 0 atom stereocenters. The Balaban J connectivity index is 1.69. The van der Waals surface area contributed by atoms with E-state index in [0.717, 1.165) is 31.8 Å². The van der Waals surface area contributed by atoms with Gasteiger partial charge in [0.05, 0.1) is 29.4 Å². The van der Waals surface area contributed by atoms with Crippen molar-refractivity contribution in [2.24, 2.45) is 0 Å². The van der Waals surface area contributed by atoms with E-state index in [1.807, 2.05) is 0 Å². The van der Waals surface area contributed by atoms with Crippen molar-refractivity contribution in [3.8, 4) is 11.3 Å². The van der Waals surface area contributed by atoms with Crippen molar-refractivity contribution in [2.45, 2.75) is 32.0 Å². The van der Waals surface area contributed by atoms with Crippen LogP contribution in [-0.4, -0.2) is 44.3 Å². The number of rotatable bonds is 4. The highest BCUT2D eigenvalue weighted by atomic mass is 19.4.